The van der Waals surface area contributed by atoms with Gasteiger partial charge < -0.3 is 10.3 Å². The van der Waals surface area contributed by atoms with Gasteiger partial charge in [0, 0.05) is 0 Å². The summed E-state index contributed by atoms with van der Waals surface area (Å²) < 4.78 is 5.49. The van der Waals surface area contributed by atoms with Crippen molar-refractivity contribution in [3.05, 3.63) is 46.8 Å². The third-order valence-electron chi connectivity index (χ3n) is 3.65. The lowest BCUT2D eigenvalue weighted by atomic mass is 9.98. The number of nitrogen functional groups attached to an aromatic ring is 1. The van der Waals surface area contributed by atoms with Gasteiger partial charge in [0.05, 0.1) is 10.4 Å². The summed E-state index contributed by atoms with van der Waals surface area (Å²) in [6, 6.07) is 10.5. The molecule has 0 amide bonds. The Morgan fingerprint density at radius 1 is 1.14 bits per heavy atom. The standard InChI is InChI=1S/C17H18N2OS/c1-10(2)12-4-6-13(7-5-12)14-15(20-19-17(14)18)16-11(3)8-9-21-16/h4-10H,1-3H3,(H2,18,19). The smallest absolute Gasteiger partial charge is 0.187 e. The Hall–Kier alpha value is -2.07. The molecule has 1 aromatic carbocycles. The average molecular weight is 298 g/mol. The van der Waals surface area contributed by atoms with Crippen LogP contribution in [0, 0.1) is 6.92 Å². The number of benzene rings is 1. The van der Waals surface area contributed by atoms with Crippen molar-refractivity contribution in [1.29, 1.82) is 0 Å². The lowest BCUT2D eigenvalue weighted by Crippen LogP contribution is -1.90. The molecule has 3 nitrogen and oxygen atoms in total. The van der Waals surface area contributed by atoms with Gasteiger partial charge in [0.15, 0.2) is 11.6 Å². The molecule has 2 heterocycles. The molecule has 2 aromatic heterocycles. The zero-order valence-corrected chi connectivity index (χ0v) is 13.2. The van der Waals surface area contributed by atoms with Crippen LogP contribution in [0.3, 0.4) is 0 Å². The molecule has 0 radical (unpaired) electrons. The molecule has 2 N–H and O–H groups in total. The summed E-state index contributed by atoms with van der Waals surface area (Å²) in [4.78, 5) is 1.09. The molecule has 108 valence electrons. The van der Waals surface area contributed by atoms with E-state index in [1.165, 1.54) is 11.1 Å². The summed E-state index contributed by atoms with van der Waals surface area (Å²) in [5, 5.41) is 6.01. The van der Waals surface area contributed by atoms with E-state index in [2.05, 4.69) is 61.6 Å². The van der Waals surface area contributed by atoms with Crippen molar-refractivity contribution < 1.29 is 4.52 Å². The molecule has 0 saturated carbocycles. The molecule has 0 aliphatic rings. The van der Waals surface area contributed by atoms with E-state index in [0.717, 1.165) is 21.8 Å². The van der Waals surface area contributed by atoms with Crippen LogP contribution < -0.4 is 5.73 Å². The van der Waals surface area contributed by atoms with Crippen LogP contribution in [0.5, 0.6) is 0 Å². The first-order chi connectivity index (χ1) is 10.1. The second-order valence-electron chi connectivity index (χ2n) is 5.48. The molecule has 21 heavy (non-hydrogen) atoms. The van der Waals surface area contributed by atoms with E-state index < -0.39 is 0 Å². The minimum atomic E-state index is 0.440. The van der Waals surface area contributed by atoms with Crippen LogP contribution in [0.2, 0.25) is 0 Å². The number of hydrogen-bond acceptors (Lipinski definition) is 4. The molecule has 0 atom stereocenters. The maximum Gasteiger partial charge on any atom is 0.187 e. The molecule has 0 saturated heterocycles. The zero-order valence-electron chi connectivity index (χ0n) is 12.4. The zero-order chi connectivity index (χ0) is 15.0. The van der Waals surface area contributed by atoms with Crippen LogP contribution in [0.4, 0.5) is 5.82 Å². The van der Waals surface area contributed by atoms with Gasteiger partial charge in [0.25, 0.3) is 0 Å². The van der Waals surface area contributed by atoms with Crippen LogP contribution >= 0.6 is 11.3 Å². The molecule has 3 aromatic rings. The monoisotopic (exact) mass is 298 g/mol. The lowest BCUT2D eigenvalue weighted by Gasteiger charge is -2.07. The number of aromatic nitrogens is 1. The van der Waals surface area contributed by atoms with Crippen LogP contribution in [0.25, 0.3) is 21.8 Å². The molecule has 0 aliphatic heterocycles. The highest BCUT2D eigenvalue weighted by molar-refractivity contribution is 7.13. The summed E-state index contributed by atoms with van der Waals surface area (Å²) in [5.74, 6) is 1.71. The molecular weight excluding hydrogens is 280 g/mol. The molecule has 0 fully saturated rings. The predicted molar refractivity (Wildman–Crippen MR) is 88.5 cm³/mol. The Bertz CT molecular complexity index is 753. The van der Waals surface area contributed by atoms with Crippen molar-refractivity contribution in [3.8, 4) is 21.8 Å². The van der Waals surface area contributed by atoms with Crippen molar-refractivity contribution in [2.24, 2.45) is 0 Å². The van der Waals surface area contributed by atoms with Gasteiger partial charge in [0.2, 0.25) is 0 Å². The SMILES string of the molecule is Cc1ccsc1-c1onc(N)c1-c1ccc(C(C)C)cc1. The second kappa shape index (κ2) is 5.37. The van der Waals surface area contributed by atoms with E-state index in [1.807, 2.05) is 0 Å². The van der Waals surface area contributed by atoms with E-state index in [1.54, 1.807) is 11.3 Å². The maximum absolute atomic E-state index is 6.03. The van der Waals surface area contributed by atoms with Gasteiger partial charge >= 0.3 is 0 Å². The van der Waals surface area contributed by atoms with Gasteiger partial charge in [-0.25, -0.2) is 0 Å². The minimum absolute atomic E-state index is 0.440. The summed E-state index contributed by atoms with van der Waals surface area (Å²) >= 11 is 1.64. The Morgan fingerprint density at radius 2 is 1.86 bits per heavy atom. The first kappa shape index (κ1) is 13.9. The van der Waals surface area contributed by atoms with Crippen molar-refractivity contribution in [2.45, 2.75) is 26.7 Å². The summed E-state index contributed by atoms with van der Waals surface area (Å²) in [5.41, 5.74) is 10.4. The third kappa shape index (κ3) is 2.47. The van der Waals surface area contributed by atoms with E-state index in [-0.39, 0.29) is 0 Å². The highest BCUT2D eigenvalue weighted by Crippen LogP contribution is 2.40. The van der Waals surface area contributed by atoms with Gasteiger partial charge in [-0.3, -0.25) is 0 Å². The number of hydrogen-bond donors (Lipinski definition) is 1. The lowest BCUT2D eigenvalue weighted by molar-refractivity contribution is 0.437. The molecule has 0 unspecified atom stereocenters. The first-order valence-corrected chi connectivity index (χ1v) is 7.86. The van der Waals surface area contributed by atoms with Gasteiger partial charge in [-0.15, -0.1) is 11.3 Å². The number of aryl methyl sites for hydroxylation is 1. The topological polar surface area (TPSA) is 52.0 Å². The number of anilines is 1. The fourth-order valence-electron chi connectivity index (χ4n) is 2.38. The molecule has 3 rings (SSSR count). The second-order valence-corrected chi connectivity index (χ2v) is 6.40. The third-order valence-corrected chi connectivity index (χ3v) is 4.67. The van der Waals surface area contributed by atoms with Crippen LogP contribution in [0.15, 0.2) is 40.2 Å². The molecule has 4 heteroatoms. The first-order valence-electron chi connectivity index (χ1n) is 6.98. The van der Waals surface area contributed by atoms with Crippen molar-refractivity contribution in [1.82, 2.24) is 5.16 Å². The van der Waals surface area contributed by atoms with Gasteiger partial charge in [-0.05, 0) is 41.0 Å². The van der Waals surface area contributed by atoms with Gasteiger partial charge in [-0.2, -0.15) is 0 Å². The molecular formula is C17H18N2OS. The number of nitrogens with two attached hydrogens (primary N) is 1. The Kier molecular flexibility index (Phi) is 3.55. The molecule has 0 aliphatic carbocycles. The average Bonchev–Trinajstić information content (AvgIpc) is 3.04. The Balaban J connectivity index is 2.10. The van der Waals surface area contributed by atoms with Crippen LogP contribution in [-0.2, 0) is 0 Å². The number of rotatable bonds is 3. The Morgan fingerprint density at radius 3 is 2.43 bits per heavy atom. The quantitative estimate of drug-likeness (QED) is 0.733. The molecule has 0 bridgehead atoms. The van der Waals surface area contributed by atoms with Crippen molar-refractivity contribution >= 4 is 17.2 Å². The highest BCUT2D eigenvalue weighted by Gasteiger charge is 2.20. The fraction of sp³-hybridized carbons (Fsp3) is 0.235. The maximum atomic E-state index is 6.03. The van der Waals surface area contributed by atoms with Gasteiger partial charge in [0.1, 0.15) is 0 Å². The summed E-state index contributed by atoms with van der Waals surface area (Å²) in [6.07, 6.45) is 0. The van der Waals surface area contributed by atoms with E-state index in [0.29, 0.717) is 11.7 Å². The Labute approximate surface area is 128 Å². The van der Waals surface area contributed by atoms with E-state index in [9.17, 15) is 0 Å². The van der Waals surface area contributed by atoms with Crippen molar-refractivity contribution in [2.75, 3.05) is 5.73 Å². The van der Waals surface area contributed by atoms with Gasteiger partial charge in [-0.1, -0.05) is 43.3 Å². The molecule has 0 spiro atoms. The van der Waals surface area contributed by atoms with E-state index >= 15 is 0 Å². The predicted octanol–water partition coefficient (Wildman–Crippen LogP) is 5.08. The van der Waals surface area contributed by atoms with Crippen LogP contribution in [-0.4, -0.2) is 5.16 Å². The normalized spacial score (nSPS) is 11.2. The minimum Gasteiger partial charge on any atom is -0.380 e. The van der Waals surface area contributed by atoms with Crippen LogP contribution in [0.1, 0.15) is 30.9 Å². The van der Waals surface area contributed by atoms with E-state index in [4.69, 9.17) is 10.3 Å². The highest BCUT2D eigenvalue weighted by atomic mass is 32.1. The summed E-state index contributed by atoms with van der Waals surface area (Å²) in [7, 11) is 0. The number of thiophene rings is 1. The summed E-state index contributed by atoms with van der Waals surface area (Å²) in [6.45, 7) is 6.43. The largest absolute Gasteiger partial charge is 0.380 e. The fourth-order valence-corrected chi connectivity index (χ4v) is 3.28. The number of nitrogens with zero attached hydrogens (tertiary/aromatic N) is 1. The van der Waals surface area contributed by atoms with Crippen molar-refractivity contribution in [3.63, 3.8) is 0 Å².